The summed E-state index contributed by atoms with van der Waals surface area (Å²) in [5.74, 6) is 0. The average molecular weight is 398 g/mol. The number of sulfone groups is 1. The lowest BCUT2D eigenvalue weighted by Gasteiger charge is -2.36. The van der Waals surface area contributed by atoms with Crippen LogP contribution in [0.25, 0.3) is 0 Å². The zero-order chi connectivity index (χ0) is 19.6. The Labute approximate surface area is 157 Å². The maximum Gasteiger partial charge on any atom is 0.227 e. The van der Waals surface area contributed by atoms with Crippen LogP contribution in [-0.2, 0) is 26.4 Å². The Bertz CT molecular complexity index is 865. The second-order valence-electron chi connectivity index (χ2n) is 7.23. The van der Waals surface area contributed by atoms with Crippen molar-refractivity contribution >= 4 is 20.8 Å². The molecule has 0 amide bonds. The van der Waals surface area contributed by atoms with Gasteiger partial charge in [-0.1, -0.05) is 48.5 Å². The van der Waals surface area contributed by atoms with E-state index < -0.39 is 36.6 Å². The Balaban J connectivity index is 2.56. The van der Waals surface area contributed by atoms with Gasteiger partial charge in [0.05, 0.1) is 26.2 Å². The zero-order valence-corrected chi connectivity index (χ0v) is 16.9. The fraction of sp³-hybridized carbons (Fsp3) is 0.368. The van der Waals surface area contributed by atoms with Gasteiger partial charge in [0.2, 0.25) is 15.3 Å². The summed E-state index contributed by atoms with van der Waals surface area (Å²) in [5.41, 5.74) is -3.61. The van der Waals surface area contributed by atoms with Gasteiger partial charge in [-0.3, -0.25) is 0 Å². The van der Waals surface area contributed by atoms with Crippen molar-refractivity contribution in [2.75, 3.05) is 0 Å². The Morgan fingerprint density at radius 2 is 1.38 bits per heavy atom. The van der Waals surface area contributed by atoms with Crippen molar-refractivity contribution in [3.63, 3.8) is 0 Å². The summed E-state index contributed by atoms with van der Waals surface area (Å²) in [4.78, 5) is -0.113. The van der Waals surface area contributed by atoms with Crippen LogP contribution >= 0.6 is 0 Å². The smallest absolute Gasteiger partial charge is 0.227 e. The molecule has 0 unspecified atom stereocenters. The Morgan fingerprint density at radius 1 is 0.923 bits per heavy atom. The molecule has 2 aromatic rings. The second kappa shape index (κ2) is 7.58. The molecule has 2 rings (SSSR count). The lowest BCUT2D eigenvalue weighted by Crippen LogP contribution is -2.54. The molecule has 1 N–H and O–H groups in total. The fourth-order valence-electron chi connectivity index (χ4n) is 2.41. The Morgan fingerprint density at radius 3 is 1.85 bits per heavy atom. The molecule has 0 aliphatic rings. The molecule has 4 nitrogen and oxygen atoms in total. The number of hydrogen-bond acceptors (Lipinski definition) is 3. The topological polar surface area (TPSA) is 63.2 Å². The lowest BCUT2D eigenvalue weighted by molar-refractivity contribution is 0.261. The molecule has 0 fully saturated rings. The molecule has 0 radical (unpaired) electrons. The van der Waals surface area contributed by atoms with Crippen molar-refractivity contribution in [3.05, 3.63) is 66.2 Å². The summed E-state index contributed by atoms with van der Waals surface area (Å²) in [7, 11) is -5.97. The first-order valence-corrected chi connectivity index (χ1v) is 10.9. The molecule has 26 heavy (non-hydrogen) atoms. The van der Waals surface area contributed by atoms with E-state index in [-0.39, 0.29) is 4.90 Å². The molecule has 0 bridgehead atoms. The molecule has 0 aliphatic carbocycles. The summed E-state index contributed by atoms with van der Waals surface area (Å²) in [6.07, 6.45) is 0. The van der Waals surface area contributed by atoms with Gasteiger partial charge in [0.1, 0.15) is 0 Å². The van der Waals surface area contributed by atoms with E-state index in [1.807, 2.05) is 0 Å². The van der Waals surface area contributed by atoms with Crippen LogP contribution in [0.15, 0.2) is 65.6 Å². The summed E-state index contributed by atoms with van der Waals surface area (Å²) >= 11 is 0. The van der Waals surface area contributed by atoms with E-state index in [9.17, 15) is 12.6 Å². The number of rotatable bonds is 6. The molecule has 2 aromatic carbocycles. The molecule has 0 saturated carbocycles. The van der Waals surface area contributed by atoms with Crippen molar-refractivity contribution in [1.82, 2.24) is 4.72 Å². The van der Waals surface area contributed by atoms with E-state index in [4.69, 9.17) is 0 Å². The van der Waals surface area contributed by atoms with Crippen molar-refractivity contribution in [3.8, 4) is 0 Å². The predicted octanol–water partition coefficient (Wildman–Crippen LogP) is 3.72. The number of hydrogen-bond donors (Lipinski definition) is 1. The van der Waals surface area contributed by atoms with Gasteiger partial charge in [-0.05, 0) is 45.4 Å². The van der Waals surface area contributed by atoms with E-state index in [0.717, 1.165) is 0 Å². The molecule has 7 heteroatoms. The minimum atomic E-state index is -4.30. The standard InChI is InChI=1S/C19H24FNO3S2/c1-18(2,3)25(22)21-19(4,15-11-7-5-8-12-15)17(20)26(23,24)16-13-9-6-10-14-16/h5-14,17,21H,1-4H3/t17-,19+,25+/m0/s1. The van der Waals surface area contributed by atoms with Crippen molar-refractivity contribution in [1.29, 1.82) is 0 Å². The summed E-state index contributed by atoms with van der Waals surface area (Å²) in [5, 5.41) is 0. The molecule has 0 spiro atoms. The van der Waals surface area contributed by atoms with Gasteiger partial charge in [0.15, 0.2) is 0 Å². The van der Waals surface area contributed by atoms with Gasteiger partial charge >= 0.3 is 0 Å². The number of nitrogens with one attached hydrogen (secondary N) is 1. The summed E-state index contributed by atoms with van der Waals surface area (Å²) in [6, 6.07) is 15.8. The second-order valence-corrected chi connectivity index (χ2v) is 11.2. The van der Waals surface area contributed by atoms with E-state index in [1.165, 1.54) is 19.1 Å². The molecule has 0 aliphatic heterocycles. The molecular weight excluding hydrogens is 373 g/mol. The minimum Gasteiger partial charge on any atom is -0.242 e. The highest BCUT2D eigenvalue weighted by Gasteiger charge is 2.47. The van der Waals surface area contributed by atoms with Gasteiger partial charge in [0.25, 0.3) is 0 Å². The largest absolute Gasteiger partial charge is 0.242 e. The molecule has 0 heterocycles. The molecule has 0 saturated heterocycles. The van der Waals surface area contributed by atoms with Crippen LogP contribution < -0.4 is 4.72 Å². The van der Waals surface area contributed by atoms with Crippen LogP contribution in [-0.4, -0.2) is 22.9 Å². The van der Waals surface area contributed by atoms with E-state index >= 15 is 4.39 Å². The van der Waals surface area contributed by atoms with Gasteiger partial charge in [-0.15, -0.1) is 0 Å². The van der Waals surface area contributed by atoms with E-state index in [0.29, 0.717) is 5.56 Å². The quantitative estimate of drug-likeness (QED) is 0.808. The maximum atomic E-state index is 15.6. The highest BCUT2D eigenvalue weighted by molar-refractivity contribution is 7.92. The highest BCUT2D eigenvalue weighted by Crippen LogP contribution is 2.35. The molecule has 3 atom stereocenters. The Hall–Kier alpha value is -1.57. The first-order chi connectivity index (χ1) is 12.0. The predicted molar refractivity (Wildman–Crippen MR) is 103 cm³/mol. The molecule has 0 aromatic heterocycles. The minimum absolute atomic E-state index is 0.113. The van der Waals surface area contributed by atoms with Crippen LogP contribution in [0.5, 0.6) is 0 Å². The van der Waals surface area contributed by atoms with Gasteiger partial charge in [-0.2, -0.15) is 0 Å². The summed E-state index contributed by atoms with van der Waals surface area (Å²) in [6.45, 7) is 6.64. The molecule has 142 valence electrons. The first kappa shape index (κ1) is 20.7. The third kappa shape index (κ3) is 4.22. The monoisotopic (exact) mass is 397 g/mol. The Kier molecular flexibility index (Phi) is 6.05. The van der Waals surface area contributed by atoms with E-state index in [1.54, 1.807) is 69.3 Å². The maximum absolute atomic E-state index is 15.6. The zero-order valence-electron chi connectivity index (χ0n) is 15.3. The third-order valence-corrected chi connectivity index (χ3v) is 7.70. The number of halogens is 1. The third-order valence-electron chi connectivity index (χ3n) is 4.03. The van der Waals surface area contributed by atoms with Crippen LogP contribution in [0, 0.1) is 0 Å². The molecular formula is C19H24FNO3S2. The van der Waals surface area contributed by atoms with Crippen LogP contribution in [0.1, 0.15) is 33.3 Å². The lowest BCUT2D eigenvalue weighted by atomic mass is 9.94. The summed E-state index contributed by atoms with van der Waals surface area (Å²) < 4.78 is 56.0. The first-order valence-electron chi connectivity index (χ1n) is 8.18. The fourth-order valence-corrected chi connectivity index (χ4v) is 4.98. The van der Waals surface area contributed by atoms with Crippen LogP contribution in [0.2, 0.25) is 0 Å². The van der Waals surface area contributed by atoms with Crippen molar-refractivity contribution in [2.45, 2.75) is 48.4 Å². The van der Waals surface area contributed by atoms with Gasteiger partial charge in [-0.25, -0.2) is 21.7 Å². The van der Waals surface area contributed by atoms with Crippen molar-refractivity contribution < 1.29 is 17.0 Å². The van der Waals surface area contributed by atoms with E-state index in [2.05, 4.69) is 4.72 Å². The number of alkyl halides is 1. The van der Waals surface area contributed by atoms with Crippen molar-refractivity contribution in [2.24, 2.45) is 0 Å². The van der Waals surface area contributed by atoms with Crippen LogP contribution in [0.4, 0.5) is 4.39 Å². The van der Waals surface area contributed by atoms with Crippen LogP contribution in [0.3, 0.4) is 0 Å². The SMILES string of the molecule is CC(C)(C)[S@@](=O)N[C@](C)(c1ccccc1)[C@@H](F)S(=O)(=O)c1ccccc1. The van der Waals surface area contributed by atoms with Gasteiger partial charge < -0.3 is 0 Å². The highest BCUT2D eigenvalue weighted by atomic mass is 32.2. The number of benzene rings is 2. The van der Waals surface area contributed by atoms with Gasteiger partial charge in [0, 0.05) is 0 Å². The average Bonchev–Trinajstić information content (AvgIpc) is 2.61. The normalized spacial score (nSPS) is 17.3.